The van der Waals surface area contributed by atoms with Gasteiger partial charge in [-0.15, -0.1) is 0 Å². The van der Waals surface area contributed by atoms with Gasteiger partial charge in [0.05, 0.1) is 13.2 Å². The van der Waals surface area contributed by atoms with Gasteiger partial charge in [-0.3, -0.25) is 4.90 Å². The second kappa shape index (κ2) is 5.10. The molecule has 1 aliphatic carbocycles. The maximum absolute atomic E-state index is 5.40. The SMILES string of the molecule is CC1COCCN1CCNCC1CC1. The van der Waals surface area contributed by atoms with Crippen LogP contribution in [0.15, 0.2) is 0 Å². The third-order valence-corrected chi connectivity index (χ3v) is 3.21. The van der Waals surface area contributed by atoms with Crippen molar-refractivity contribution >= 4 is 0 Å². The van der Waals surface area contributed by atoms with E-state index in [9.17, 15) is 0 Å². The Bertz CT molecular complexity index is 171. The molecule has 0 spiro atoms. The van der Waals surface area contributed by atoms with Crippen molar-refractivity contribution in [1.82, 2.24) is 10.2 Å². The highest BCUT2D eigenvalue weighted by atomic mass is 16.5. The average molecular weight is 198 g/mol. The van der Waals surface area contributed by atoms with Gasteiger partial charge in [0.25, 0.3) is 0 Å². The third kappa shape index (κ3) is 3.23. The molecule has 2 fully saturated rings. The highest BCUT2D eigenvalue weighted by Gasteiger charge is 2.21. The van der Waals surface area contributed by atoms with Crippen LogP contribution in [-0.2, 0) is 4.74 Å². The lowest BCUT2D eigenvalue weighted by Crippen LogP contribution is -2.46. The van der Waals surface area contributed by atoms with Crippen molar-refractivity contribution in [1.29, 1.82) is 0 Å². The van der Waals surface area contributed by atoms with Crippen LogP contribution in [0.4, 0.5) is 0 Å². The van der Waals surface area contributed by atoms with Gasteiger partial charge in [0.2, 0.25) is 0 Å². The molecule has 1 heterocycles. The summed E-state index contributed by atoms with van der Waals surface area (Å²) < 4.78 is 5.40. The fourth-order valence-corrected chi connectivity index (χ4v) is 1.94. The Morgan fingerprint density at radius 3 is 3.00 bits per heavy atom. The lowest BCUT2D eigenvalue weighted by Gasteiger charge is -2.33. The second-order valence-corrected chi connectivity index (χ2v) is 4.61. The first-order chi connectivity index (χ1) is 6.86. The third-order valence-electron chi connectivity index (χ3n) is 3.21. The zero-order valence-corrected chi connectivity index (χ0v) is 9.17. The van der Waals surface area contributed by atoms with Gasteiger partial charge in [-0.05, 0) is 32.2 Å². The van der Waals surface area contributed by atoms with Crippen LogP contribution in [0.25, 0.3) is 0 Å². The van der Waals surface area contributed by atoms with E-state index in [1.165, 1.54) is 25.9 Å². The first-order valence-electron chi connectivity index (χ1n) is 5.89. The van der Waals surface area contributed by atoms with Crippen molar-refractivity contribution < 1.29 is 4.74 Å². The summed E-state index contributed by atoms with van der Waals surface area (Å²) >= 11 is 0. The summed E-state index contributed by atoms with van der Waals surface area (Å²) in [5, 5.41) is 3.53. The van der Waals surface area contributed by atoms with E-state index in [2.05, 4.69) is 17.1 Å². The highest BCUT2D eigenvalue weighted by molar-refractivity contribution is 4.76. The van der Waals surface area contributed by atoms with Crippen molar-refractivity contribution in [2.45, 2.75) is 25.8 Å². The van der Waals surface area contributed by atoms with Crippen LogP contribution in [0.3, 0.4) is 0 Å². The average Bonchev–Trinajstić information content (AvgIpc) is 2.99. The van der Waals surface area contributed by atoms with Crippen LogP contribution in [-0.4, -0.2) is 50.3 Å². The largest absolute Gasteiger partial charge is 0.379 e. The van der Waals surface area contributed by atoms with Crippen LogP contribution >= 0.6 is 0 Å². The molecule has 1 saturated heterocycles. The maximum Gasteiger partial charge on any atom is 0.0619 e. The Hall–Kier alpha value is -0.120. The van der Waals surface area contributed by atoms with Gasteiger partial charge < -0.3 is 10.1 Å². The van der Waals surface area contributed by atoms with E-state index in [1.807, 2.05) is 0 Å². The van der Waals surface area contributed by atoms with Crippen molar-refractivity contribution in [2.24, 2.45) is 5.92 Å². The molecule has 14 heavy (non-hydrogen) atoms. The van der Waals surface area contributed by atoms with E-state index in [0.717, 1.165) is 32.2 Å². The molecule has 0 bridgehead atoms. The summed E-state index contributed by atoms with van der Waals surface area (Å²) in [4.78, 5) is 2.52. The van der Waals surface area contributed by atoms with Crippen molar-refractivity contribution in [2.75, 3.05) is 39.4 Å². The minimum absolute atomic E-state index is 0.603. The number of nitrogens with zero attached hydrogens (tertiary/aromatic N) is 1. The Morgan fingerprint density at radius 1 is 1.43 bits per heavy atom. The Balaban J connectivity index is 1.53. The van der Waals surface area contributed by atoms with Crippen LogP contribution in [0.2, 0.25) is 0 Å². The molecule has 0 amide bonds. The lowest BCUT2D eigenvalue weighted by molar-refractivity contribution is 0.000432. The number of rotatable bonds is 5. The fraction of sp³-hybridized carbons (Fsp3) is 1.00. The molecule has 2 rings (SSSR count). The van der Waals surface area contributed by atoms with Crippen molar-refractivity contribution in [3.63, 3.8) is 0 Å². The van der Waals surface area contributed by atoms with E-state index in [0.29, 0.717) is 6.04 Å². The molecule has 3 nitrogen and oxygen atoms in total. The molecule has 1 atom stereocenters. The molecule has 1 aliphatic heterocycles. The van der Waals surface area contributed by atoms with Crippen molar-refractivity contribution in [3.8, 4) is 0 Å². The van der Waals surface area contributed by atoms with Gasteiger partial charge in [0, 0.05) is 25.7 Å². The van der Waals surface area contributed by atoms with E-state index >= 15 is 0 Å². The van der Waals surface area contributed by atoms with Gasteiger partial charge in [0.15, 0.2) is 0 Å². The normalized spacial score (nSPS) is 29.4. The number of hydrogen-bond donors (Lipinski definition) is 1. The van der Waals surface area contributed by atoms with Gasteiger partial charge in [-0.2, -0.15) is 0 Å². The number of ether oxygens (including phenoxy) is 1. The van der Waals surface area contributed by atoms with Gasteiger partial charge >= 0.3 is 0 Å². The molecule has 2 aliphatic rings. The predicted octanol–water partition coefficient (Wildman–Crippen LogP) is 0.707. The summed E-state index contributed by atoms with van der Waals surface area (Å²) in [6.45, 7) is 8.72. The smallest absolute Gasteiger partial charge is 0.0619 e. The molecular weight excluding hydrogens is 176 g/mol. The Labute approximate surface area is 86.8 Å². The molecular formula is C11H22N2O. The summed E-state index contributed by atoms with van der Waals surface area (Å²) in [5.41, 5.74) is 0. The summed E-state index contributed by atoms with van der Waals surface area (Å²) in [6.07, 6.45) is 2.89. The number of morpholine rings is 1. The molecule has 1 unspecified atom stereocenters. The highest BCUT2D eigenvalue weighted by Crippen LogP contribution is 2.27. The molecule has 3 heteroatoms. The standard InChI is InChI=1S/C11H22N2O/c1-10-9-14-7-6-13(10)5-4-12-8-11-2-3-11/h10-12H,2-9H2,1H3. The fourth-order valence-electron chi connectivity index (χ4n) is 1.94. The monoisotopic (exact) mass is 198 g/mol. The van der Waals surface area contributed by atoms with E-state index in [4.69, 9.17) is 4.74 Å². The predicted molar refractivity (Wildman–Crippen MR) is 57.4 cm³/mol. The molecule has 0 aromatic heterocycles. The summed E-state index contributed by atoms with van der Waals surface area (Å²) in [6, 6.07) is 0.603. The second-order valence-electron chi connectivity index (χ2n) is 4.61. The number of hydrogen-bond acceptors (Lipinski definition) is 3. The molecule has 82 valence electrons. The van der Waals surface area contributed by atoms with E-state index < -0.39 is 0 Å². The Morgan fingerprint density at radius 2 is 2.29 bits per heavy atom. The number of nitrogens with one attached hydrogen (secondary N) is 1. The maximum atomic E-state index is 5.40. The zero-order chi connectivity index (χ0) is 9.80. The molecule has 1 saturated carbocycles. The van der Waals surface area contributed by atoms with Gasteiger partial charge in [-0.25, -0.2) is 0 Å². The van der Waals surface area contributed by atoms with Crippen LogP contribution in [0.5, 0.6) is 0 Å². The quantitative estimate of drug-likeness (QED) is 0.658. The summed E-state index contributed by atoms with van der Waals surface area (Å²) in [5.74, 6) is 0.997. The van der Waals surface area contributed by atoms with Gasteiger partial charge in [-0.1, -0.05) is 0 Å². The zero-order valence-electron chi connectivity index (χ0n) is 9.17. The molecule has 0 radical (unpaired) electrons. The summed E-state index contributed by atoms with van der Waals surface area (Å²) in [7, 11) is 0. The van der Waals surface area contributed by atoms with Gasteiger partial charge in [0.1, 0.15) is 0 Å². The molecule has 0 aromatic carbocycles. The van der Waals surface area contributed by atoms with Crippen LogP contribution in [0, 0.1) is 5.92 Å². The first kappa shape index (κ1) is 10.4. The first-order valence-corrected chi connectivity index (χ1v) is 5.89. The topological polar surface area (TPSA) is 24.5 Å². The van der Waals surface area contributed by atoms with Crippen molar-refractivity contribution in [3.05, 3.63) is 0 Å². The lowest BCUT2D eigenvalue weighted by atomic mass is 10.2. The van der Waals surface area contributed by atoms with E-state index in [1.54, 1.807) is 0 Å². The Kier molecular flexibility index (Phi) is 3.79. The minimum atomic E-state index is 0.603. The van der Waals surface area contributed by atoms with Crippen LogP contribution in [0.1, 0.15) is 19.8 Å². The minimum Gasteiger partial charge on any atom is -0.379 e. The molecule has 0 aromatic rings. The van der Waals surface area contributed by atoms with E-state index in [-0.39, 0.29) is 0 Å². The van der Waals surface area contributed by atoms with Crippen LogP contribution < -0.4 is 5.32 Å². The molecule has 1 N–H and O–H groups in total.